The molecule has 4 rings (SSSR count). The molecule has 0 amide bonds. The average molecular weight is 479 g/mol. The summed E-state index contributed by atoms with van der Waals surface area (Å²) in [5, 5.41) is 4.17. The van der Waals surface area contributed by atoms with Gasteiger partial charge in [-0.05, 0) is 43.7 Å². The van der Waals surface area contributed by atoms with Crippen LogP contribution in [0.3, 0.4) is 0 Å². The van der Waals surface area contributed by atoms with Gasteiger partial charge in [0.15, 0.2) is 17.3 Å². The molecule has 1 aliphatic rings. The highest BCUT2D eigenvalue weighted by Crippen LogP contribution is 2.30. The van der Waals surface area contributed by atoms with Crippen LogP contribution in [0, 0.1) is 11.7 Å². The normalized spacial score (nSPS) is 18.5. The molecule has 0 unspecified atom stereocenters. The SMILES string of the molecule is N[C@H]1CC[C@@H](COc2cncnc2-c2cnn(-c3ccc(OC(=O)C(F)(F)F)c(F)c3)c2)CC1. The lowest BCUT2D eigenvalue weighted by molar-refractivity contribution is -0.189. The molecule has 1 aliphatic carbocycles. The maximum absolute atomic E-state index is 14.2. The Morgan fingerprint density at radius 1 is 1.15 bits per heavy atom. The van der Waals surface area contributed by atoms with Crippen LogP contribution in [-0.2, 0) is 4.79 Å². The molecule has 2 aromatic heterocycles. The van der Waals surface area contributed by atoms with Gasteiger partial charge in [-0.25, -0.2) is 23.8 Å². The minimum atomic E-state index is -5.23. The van der Waals surface area contributed by atoms with E-state index in [0.717, 1.165) is 37.8 Å². The number of ether oxygens (including phenoxy) is 2. The Bertz CT molecular complexity index is 1160. The van der Waals surface area contributed by atoms with Crippen molar-refractivity contribution in [3.05, 3.63) is 48.9 Å². The predicted molar refractivity (Wildman–Crippen MR) is 112 cm³/mol. The van der Waals surface area contributed by atoms with Gasteiger partial charge in [-0.1, -0.05) is 0 Å². The lowest BCUT2D eigenvalue weighted by Gasteiger charge is -2.26. The van der Waals surface area contributed by atoms with E-state index < -0.39 is 23.7 Å². The maximum atomic E-state index is 14.2. The molecule has 180 valence electrons. The zero-order valence-electron chi connectivity index (χ0n) is 17.8. The number of aromatic nitrogens is 4. The molecule has 34 heavy (non-hydrogen) atoms. The molecular weight excluding hydrogens is 458 g/mol. The summed E-state index contributed by atoms with van der Waals surface area (Å²) in [6, 6.07) is 3.34. The zero-order valence-corrected chi connectivity index (χ0v) is 17.8. The van der Waals surface area contributed by atoms with Crippen molar-refractivity contribution in [2.24, 2.45) is 11.7 Å². The van der Waals surface area contributed by atoms with Crippen LogP contribution in [-0.4, -0.2) is 44.5 Å². The van der Waals surface area contributed by atoms with E-state index in [1.54, 1.807) is 12.4 Å². The molecule has 1 aromatic carbocycles. The minimum absolute atomic E-state index is 0.200. The Balaban J connectivity index is 1.48. The second kappa shape index (κ2) is 9.75. The Labute approximate surface area is 191 Å². The van der Waals surface area contributed by atoms with Gasteiger partial charge in [0, 0.05) is 23.9 Å². The minimum Gasteiger partial charge on any atom is -0.489 e. The molecule has 1 fully saturated rings. The number of halogens is 4. The van der Waals surface area contributed by atoms with Gasteiger partial charge in [-0.2, -0.15) is 18.3 Å². The number of nitrogens with zero attached hydrogens (tertiary/aromatic N) is 4. The second-order valence-corrected chi connectivity index (χ2v) is 8.00. The molecule has 3 aromatic rings. The first kappa shape index (κ1) is 23.6. The summed E-state index contributed by atoms with van der Waals surface area (Å²) in [5.74, 6) is -3.63. The molecule has 0 bridgehead atoms. The topological polar surface area (TPSA) is 105 Å². The van der Waals surface area contributed by atoms with E-state index in [1.807, 2.05) is 0 Å². The van der Waals surface area contributed by atoms with Crippen LogP contribution in [0.1, 0.15) is 25.7 Å². The summed E-state index contributed by atoms with van der Waals surface area (Å²) in [5.41, 5.74) is 7.21. The zero-order chi connectivity index (χ0) is 24.3. The molecule has 1 saturated carbocycles. The average Bonchev–Trinajstić information content (AvgIpc) is 3.30. The van der Waals surface area contributed by atoms with E-state index in [-0.39, 0.29) is 11.7 Å². The van der Waals surface area contributed by atoms with Crippen LogP contribution in [0.25, 0.3) is 16.9 Å². The van der Waals surface area contributed by atoms with Crippen LogP contribution in [0.4, 0.5) is 17.6 Å². The highest BCUT2D eigenvalue weighted by atomic mass is 19.4. The van der Waals surface area contributed by atoms with Crippen molar-refractivity contribution < 1.29 is 31.8 Å². The Morgan fingerprint density at radius 2 is 1.91 bits per heavy atom. The maximum Gasteiger partial charge on any atom is 0.491 e. The van der Waals surface area contributed by atoms with Crippen molar-refractivity contribution in [2.45, 2.75) is 37.9 Å². The van der Waals surface area contributed by atoms with Crippen molar-refractivity contribution >= 4 is 5.97 Å². The first-order valence-corrected chi connectivity index (χ1v) is 10.5. The van der Waals surface area contributed by atoms with Gasteiger partial charge in [0.2, 0.25) is 0 Å². The number of benzene rings is 1. The Morgan fingerprint density at radius 3 is 2.62 bits per heavy atom. The summed E-state index contributed by atoms with van der Waals surface area (Å²) in [6.07, 6.45) is 4.64. The Kier molecular flexibility index (Phi) is 6.77. The second-order valence-electron chi connectivity index (χ2n) is 8.00. The van der Waals surface area contributed by atoms with Crippen LogP contribution >= 0.6 is 0 Å². The van der Waals surface area contributed by atoms with Gasteiger partial charge in [0.25, 0.3) is 0 Å². The van der Waals surface area contributed by atoms with Crippen molar-refractivity contribution in [2.75, 3.05) is 6.61 Å². The molecule has 0 atom stereocenters. The predicted octanol–water partition coefficient (Wildman–Crippen LogP) is 3.83. The van der Waals surface area contributed by atoms with Crippen LogP contribution in [0.15, 0.2) is 43.1 Å². The third kappa shape index (κ3) is 5.50. The largest absolute Gasteiger partial charge is 0.491 e. The van der Waals surface area contributed by atoms with Crippen LogP contribution in [0.2, 0.25) is 0 Å². The number of nitrogens with two attached hydrogens (primary N) is 1. The van der Waals surface area contributed by atoms with Gasteiger partial charge >= 0.3 is 12.1 Å². The summed E-state index contributed by atoms with van der Waals surface area (Å²) >= 11 is 0. The third-order valence-corrected chi connectivity index (χ3v) is 5.51. The number of esters is 1. The van der Waals surface area contributed by atoms with E-state index in [0.29, 0.717) is 29.5 Å². The van der Waals surface area contributed by atoms with Crippen molar-refractivity contribution in [1.29, 1.82) is 0 Å². The van der Waals surface area contributed by atoms with Crippen LogP contribution < -0.4 is 15.2 Å². The molecule has 8 nitrogen and oxygen atoms in total. The van der Waals surface area contributed by atoms with Crippen molar-refractivity contribution in [3.8, 4) is 28.4 Å². The third-order valence-electron chi connectivity index (χ3n) is 5.51. The quantitative estimate of drug-likeness (QED) is 0.325. The first-order chi connectivity index (χ1) is 16.2. The summed E-state index contributed by atoms with van der Waals surface area (Å²) in [6.45, 7) is 0.505. The highest BCUT2D eigenvalue weighted by molar-refractivity contribution is 5.78. The van der Waals surface area contributed by atoms with Crippen molar-refractivity contribution in [3.63, 3.8) is 0 Å². The molecule has 0 radical (unpaired) electrons. The van der Waals surface area contributed by atoms with Gasteiger partial charge in [-0.15, -0.1) is 0 Å². The fraction of sp³-hybridized carbons (Fsp3) is 0.364. The number of rotatable bonds is 6. The van der Waals surface area contributed by atoms with Gasteiger partial charge < -0.3 is 15.2 Å². The number of carbonyl (C=O) groups excluding carboxylic acids is 1. The fourth-order valence-corrected chi connectivity index (χ4v) is 3.66. The summed E-state index contributed by atoms with van der Waals surface area (Å²) in [4.78, 5) is 19.2. The summed E-state index contributed by atoms with van der Waals surface area (Å²) in [7, 11) is 0. The molecule has 12 heteroatoms. The fourth-order valence-electron chi connectivity index (χ4n) is 3.66. The van der Waals surface area contributed by atoms with E-state index in [2.05, 4.69) is 19.8 Å². The first-order valence-electron chi connectivity index (χ1n) is 10.5. The number of carbonyl (C=O) groups is 1. The molecule has 0 spiro atoms. The molecular formula is C22H21F4N5O3. The number of hydrogen-bond acceptors (Lipinski definition) is 7. The Hall–Kier alpha value is -3.54. The molecule has 2 N–H and O–H groups in total. The van der Waals surface area contributed by atoms with E-state index in [9.17, 15) is 22.4 Å². The van der Waals surface area contributed by atoms with Gasteiger partial charge in [0.05, 0.1) is 24.7 Å². The number of alkyl halides is 3. The highest BCUT2D eigenvalue weighted by Gasteiger charge is 2.41. The lowest BCUT2D eigenvalue weighted by Crippen LogP contribution is -2.28. The standard InChI is InChI=1S/C22H21F4N5O3/c23-17-7-16(5-6-18(17)34-21(32)22(24,25)26)31-10-14(8-30-31)20-19(9-28-12-29-20)33-11-13-1-3-15(27)4-2-13/h5-10,12-13,15H,1-4,11,27H2/t13-,15+. The summed E-state index contributed by atoms with van der Waals surface area (Å²) < 4.78 is 62.6. The number of hydrogen-bond donors (Lipinski definition) is 1. The smallest absolute Gasteiger partial charge is 0.489 e. The van der Waals surface area contributed by atoms with Crippen LogP contribution in [0.5, 0.6) is 11.5 Å². The van der Waals surface area contributed by atoms with Gasteiger partial charge in [0.1, 0.15) is 12.0 Å². The molecule has 0 aliphatic heterocycles. The van der Waals surface area contributed by atoms with Crippen molar-refractivity contribution in [1.82, 2.24) is 19.7 Å². The van der Waals surface area contributed by atoms with E-state index >= 15 is 0 Å². The molecule has 2 heterocycles. The van der Waals surface area contributed by atoms with Gasteiger partial charge in [-0.3, -0.25) is 0 Å². The van der Waals surface area contributed by atoms with E-state index in [1.165, 1.54) is 23.3 Å². The molecule has 0 saturated heterocycles. The monoisotopic (exact) mass is 479 g/mol. The lowest BCUT2D eigenvalue weighted by atomic mass is 9.87. The van der Waals surface area contributed by atoms with E-state index in [4.69, 9.17) is 10.5 Å².